The Hall–Kier alpha value is -2.47. The third-order valence-corrected chi connectivity index (χ3v) is 4.89. The van der Waals surface area contributed by atoms with E-state index in [1.54, 1.807) is 20.1 Å². The van der Waals surface area contributed by atoms with Crippen molar-refractivity contribution in [2.75, 3.05) is 19.5 Å². The molecule has 0 heterocycles. The van der Waals surface area contributed by atoms with E-state index in [1.807, 2.05) is 43.3 Å². The number of Topliss-reactive ketones (excluding diaryl/α,β-unsaturated/α-hetero) is 1. The Morgan fingerprint density at radius 2 is 1.85 bits per heavy atom. The molecule has 0 atom stereocenters. The van der Waals surface area contributed by atoms with Crippen LogP contribution in [0.3, 0.4) is 0 Å². The maximum atomic E-state index is 12.1. The molecule has 1 N–H and O–H groups in total. The minimum atomic E-state index is -0.0310. The summed E-state index contributed by atoms with van der Waals surface area (Å²) in [4.78, 5) is 23.7. The second-order valence-corrected chi connectivity index (χ2v) is 6.91. The zero-order valence-corrected chi connectivity index (χ0v) is 16.7. The molecule has 0 aromatic heterocycles. The molecule has 0 saturated heterocycles. The van der Waals surface area contributed by atoms with Crippen molar-refractivity contribution in [3.05, 3.63) is 59.2 Å². The second-order valence-electron chi connectivity index (χ2n) is 5.93. The van der Waals surface area contributed by atoms with Crippen LogP contribution in [0.1, 0.15) is 35.3 Å². The number of rotatable bonds is 10. The summed E-state index contributed by atoms with van der Waals surface area (Å²) in [6.07, 6.45) is 0. The Morgan fingerprint density at radius 3 is 2.48 bits per heavy atom. The summed E-state index contributed by atoms with van der Waals surface area (Å²) in [5, 5.41) is 2.91. The highest BCUT2D eigenvalue weighted by molar-refractivity contribution is 7.99. The quantitative estimate of drug-likeness (QED) is 0.628. The van der Waals surface area contributed by atoms with E-state index in [0.29, 0.717) is 30.2 Å². The fraction of sp³-hybridized carbons (Fsp3) is 0.333. The summed E-state index contributed by atoms with van der Waals surface area (Å²) >= 11 is 1.49. The molecule has 5 nitrogen and oxygen atoms in total. The predicted octanol–water partition coefficient (Wildman–Crippen LogP) is 3.85. The van der Waals surface area contributed by atoms with Crippen molar-refractivity contribution < 1.29 is 19.1 Å². The van der Waals surface area contributed by atoms with Gasteiger partial charge in [-0.15, -0.1) is 11.8 Å². The molecular formula is C21H25NO4S. The lowest BCUT2D eigenvalue weighted by Gasteiger charge is -2.11. The second kappa shape index (κ2) is 10.6. The van der Waals surface area contributed by atoms with Gasteiger partial charge in [-0.3, -0.25) is 9.59 Å². The topological polar surface area (TPSA) is 64.6 Å². The lowest BCUT2D eigenvalue weighted by molar-refractivity contribution is -0.118. The predicted molar refractivity (Wildman–Crippen MR) is 109 cm³/mol. The van der Waals surface area contributed by atoms with E-state index in [4.69, 9.17) is 9.47 Å². The highest BCUT2D eigenvalue weighted by atomic mass is 32.2. The zero-order valence-electron chi connectivity index (χ0n) is 15.9. The van der Waals surface area contributed by atoms with E-state index < -0.39 is 0 Å². The first-order chi connectivity index (χ1) is 13.0. The average Bonchev–Trinajstić information content (AvgIpc) is 2.68. The molecule has 0 fully saturated rings. The number of carbonyl (C=O) groups is 2. The third-order valence-electron chi connectivity index (χ3n) is 3.91. The van der Waals surface area contributed by atoms with Crippen LogP contribution in [-0.4, -0.2) is 31.2 Å². The minimum Gasteiger partial charge on any atom is -0.497 e. The number of hydrogen-bond acceptors (Lipinski definition) is 5. The lowest BCUT2D eigenvalue weighted by atomic mass is 10.1. The summed E-state index contributed by atoms with van der Waals surface area (Å²) in [6.45, 7) is 4.49. The average molecular weight is 388 g/mol. The first-order valence-electron chi connectivity index (χ1n) is 8.77. The molecule has 144 valence electrons. The van der Waals surface area contributed by atoms with Crippen molar-refractivity contribution in [2.24, 2.45) is 0 Å². The number of carbonyl (C=O) groups excluding carboxylic acids is 2. The van der Waals surface area contributed by atoms with Gasteiger partial charge in [-0.1, -0.05) is 12.1 Å². The smallest absolute Gasteiger partial charge is 0.230 e. The van der Waals surface area contributed by atoms with E-state index in [1.165, 1.54) is 11.8 Å². The number of amides is 1. The number of nitrogens with one attached hydrogen (secondary N) is 1. The van der Waals surface area contributed by atoms with Gasteiger partial charge in [-0.25, -0.2) is 0 Å². The van der Waals surface area contributed by atoms with Crippen LogP contribution in [-0.2, 0) is 17.1 Å². The van der Waals surface area contributed by atoms with Gasteiger partial charge < -0.3 is 14.8 Å². The fourth-order valence-corrected chi connectivity index (χ4v) is 3.29. The van der Waals surface area contributed by atoms with Crippen molar-refractivity contribution in [2.45, 2.75) is 26.1 Å². The Balaban J connectivity index is 1.84. The van der Waals surface area contributed by atoms with Crippen LogP contribution in [0.25, 0.3) is 0 Å². The highest BCUT2D eigenvalue weighted by Gasteiger charge is 2.09. The van der Waals surface area contributed by atoms with Gasteiger partial charge in [0.2, 0.25) is 5.91 Å². The first-order valence-corrected chi connectivity index (χ1v) is 9.93. The Kier molecular flexibility index (Phi) is 8.20. The largest absolute Gasteiger partial charge is 0.497 e. The van der Waals surface area contributed by atoms with Crippen LogP contribution in [0, 0.1) is 0 Å². The number of methoxy groups -OCH3 is 1. The molecule has 27 heavy (non-hydrogen) atoms. The van der Waals surface area contributed by atoms with Gasteiger partial charge in [-0.2, -0.15) is 0 Å². The first kappa shape index (κ1) is 20.8. The maximum Gasteiger partial charge on any atom is 0.230 e. The van der Waals surface area contributed by atoms with Crippen molar-refractivity contribution in [1.82, 2.24) is 5.32 Å². The van der Waals surface area contributed by atoms with E-state index in [0.717, 1.165) is 22.6 Å². The Bertz CT molecular complexity index is 774. The van der Waals surface area contributed by atoms with E-state index in [-0.39, 0.29) is 11.7 Å². The van der Waals surface area contributed by atoms with Gasteiger partial charge in [-0.05, 0) is 49.7 Å². The number of ether oxygens (including phenoxy) is 2. The third kappa shape index (κ3) is 6.64. The number of benzene rings is 2. The number of thioether (sulfide) groups is 1. The van der Waals surface area contributed by atoms with Crippen LogP contribution in [0.5, 0.6) is 11.5 Å². The monoisotopic (exact) mass is 387 g/mol. The molecule has 0 saturated carbocycles. The van der Waals surface area contributed by atoms with Crippen molar-refractivity contribution in [1.29, 1.82) is 0 Å². The molecule has 2 aromatic rings. The minimum absolute atomic E-state index is 0.0153. The Labute approximate surface area is 164 Å². The molecule has 0 radical (unpaired) electrons. The van der Waals surface area contributed by atoms with Gasteiger partial charge in [0.15, 0.2) is 5.78 Å². The highest BCUT2D eigenvalue weighted by Crippen LogP contribution is 2.25. The van der Waals surface area contributed by atoms with E-state index >= 15 is 0 Å². The molecule has 2 aromatic carbocycles. The van der Waals surface area contributed by atoms with Crippen LogP contribution >= 0.6 is 11.8 Å². The van der Waals surface area contributed by atoms with E-state index in [9.17, 15) is 9.59 Å². The summed E-state index contributed by atoms with van der Waals surface area (Å²) in [5.41, 5.74) is 2.59. The molecule has 0 unspecified atom stereocenters. The molecule has 1 amide bonds. The molecule has 0 bridgehead atoms. The SMILES string of the molecule is CCOc1ccc(C(C)=O)cc1CSCC(=O)NCc1ccc(OC)cc1. The molecule has 2 rings (SSSR count). The van der Waals surface area contributed by atoms with Gasteiger partial charge in [0.1, 0.15) is 11.5 Å². The van der Waals surface area contributed by atoms with Gasteiger partial charge >= 0.3 is 0 Å². The molecule has 0 aliphatic carbocycles. The summed E-state index contributed by atoms with van der Waals surface area (Å²) in [7, 11) is 1.62. The molecule has 0 aliphatic rings. The number of ketones is 1. The fourth-order valence-electron chi connectivity index (χ4n) is 2.46. The lowest BCUT2D eigenvalue weighted by Crippen LogP contribution is -2.24. The normalized spacial score (nSPS) is 10.3. The van der Waals surface area contributed by atoms with Crippen LogP contribution in [0.15, 0.2) is 42.5 Å². The molecule has 0 aliphatic heterocycles. The summed E-state index contributed by atoms with van der Waals surface area (Å²) in [6, 6.07) is 13.0. The zero-order chi connectivity index (χ0) is 19.6. The molecular weight excluding hydrogens is 362 g/mol. The van der Waals surface area contributed by atoms with Crippen LogP contribution in [0.4, 0.5) is 0 Å². The Morgan fingerprint density at radius 1 is 1.11 bits per heavy atom. The van der Waals surface area contributed by atoms with Crippen LogP contribution < -0.4 is 14.8 Å². The summed E-state index contributed by atoms with van der Waals surface area (Å²) < 4.78 is 10.7. The summed E-state index contributed by atoms with van der Waals surface area (Å²) in [5.74, 6) is 2.48. The maximum absolute atomic E-state index is 12.1. The van der Waals surface area contributed by atoms with Crippen LogP contribution in [0.2, 0.25) is 0 Å². The van der Waals surface area contributed by atoms with Crippen molar-refractivity contribution in [3.63, 3.8) is 0 Å². The molecule has 6 heteroatoms. The van der Waals surface area contributed by atoms with Crippen molar-refractivity contribution in [3.8, 4) is 11.5 Å². The van der Waals surface area contributed by atoms with Gasteiger partial charge in [0.05, 0.1) is 19.5 Å². The molecule has 0 spiro atoms. The van der Waals surface area contributed by atoms with Gasteiger partial charge in [0.25, 0.3) is 0 Å². The van der Waals surface area contributed by atoms with Gasteiger partial charge in [0, 0.05) is 23.4 Å². The van der Waals surface area contributed by atoms with Crippen molar-refractivity contribution >= 4 is 23.5 Å². The number of hydrogen-bond donors (Lipinski definition) is 1. The van der Waals surface area contributed by atoms with E-state index in [2.05, 4.69) is 5.32 Å². The standard InChI is InChI=1S/C21H25NO4S/c1-4-26-20-10-7-17(15(2)23)11-18(20)13-27-14-21(24)22-12-16-5-8-19(25-3)9-6-16/h5-11H,4,12-14H2,1-3H3,(H,22,24).